The zero-order valence-electron chi connectivity index (χ0n) is 9.41. The van der Waals surface area contributed by atoms with E-state index >= 15 is 0 Å². The molecule has 0 bridgehead atoms. The van der Waals surface area contributed by atoms with Crippen molar-refractivity contribution < 1.29 is 9.46 Å². The summed E-state index contributed by atoms with van der Waals surface area (Å²) < 4.78 is 12.0. The molecule has 2 nitrogen and oxygen atoms in total. The minimum absolute atomic E-state index is 0.0385. The molecule has 1 saturated carbocycles. The molecule has 0 aromatic rings. The van der Waals surface area contributed by atoms with Crippen molar-refractivity contribution in [2.24, 2.45) is 5.92 Å². The molecule has 1 fully saturated rings. The largest absolute Gasteiger partial charge is 0.344 e. The first-order chi connectivity index (χ1) is 6.58. The second kappa shape index (κ2) is 5.32. The first-order valence-corrected chi connectivity index (χ1v) is 7.81. The highest BCUT2D eigenvalue weighted by Crippen LogP contribution is 2.52. The molecule has 2 atom stereocenters. The van der Waals surface area contributed by atoms with E-state index < -0.39 is 7.37 Å². The van der Waals surface area contributed by atoms with Crippen LogP contribution < -0.4 is 0 Å². The predicted molar refractivity (Wildman–Crippen MR) is 61.0 cm³/mol. The molecule has 0 saturated heterocycles. The summed E-state index contributed by atoms with van der Waals surface area (Å²) >= 11 is 0. The highest BCUT2D eigenvalue weighted by atomic mass is 31.2. The van der Waals surface area contributed by atoms with Crippen LogP contribution in [0.3, 0.4) is 0 Å². The molecule has 0 amide bonds. The zero-order valence-corrected chi connectivity index (χ0v) is 10.3. The fourth-order valence-corrected chi connectivity index (χ4v) is 4.49. The van der Waals surface area contributed by atoms with Crippen LogP contribution in [0, 0.1) is 5.92 Å². The molecule has 14 heavy (non-hydrogen) atoms. The smallest absolute Gasteiger partial charge is 0.203 e. The van der Waals surface area contributed by atoms with Crippen LogP contribution in [0.15, 0.2) is 0 Å². The molecule has 0 aromatic heterocycles. The van der Waals surface area contributed by atoms with Crippen LogP contribution in [0.1, 0.15) is 52.4 Å². The van der Waals surface area contributed by atoms with Crippen LogP contribution in [0.4, 0.5) is 0 Å². The molecule has 1 aliphatic carbocycles. The van der Waals surface area contributed by atoms with Crippen LogP contribution in [0.25, 0.3) is 0 Å². The number of hydrogen-bond donors (Lipinski definition) is 1. The van der Waals surface area contributed by atoms with Gasteiger partial charge in [0.2, 0.25) is 7.37 Å². The Bertz CT molecular complexity index is 209. The lowest BCUT2D eigenvalue weighted by molar-refractivity contribution is 0.425. The van der Waals surface area contributed by atoms with E-state index in [0.717, 1.165) is 25.7 Å². The Labute approximate surface area is 87.6 Å². The second-order valence-electron chi connectivity index (χ2n) is 4.62. The van der Waals surface area contributed by atoms with E-state index in [1.807, 2.05) is 6.92 Å². The molecule has 0 radical (unpaired) electrons. The lowest BCUT2D eigenvalue weighted by atomic mass is 10.1. The predicted octanol–water partition coefficient (Wildman–Crippen LogP) is 3.64. The van der Waals surface area contributed by atoms with E-state index in [2.05, 4.69) is 6.92 Å². The quantitative estimate of drug-likeness (QED) is 0.715. The Kier molecular flexibility index (Phi) is 4.66. The van der Waals surface area contributed by atoms with Crippen molar-refractivity contribution in [2.45, 2.75) is 58.0 Å². The maximum absolute atomic E-state index is 12.0. The standard InChI is InChI=1S/C11H23O2P/c1-3-4-9-14(12,13)10(2)11-7-5-6-8-11/h10-11H,3-9H2,1-2H3,(H,12,13). The maximum Gasteiger partial charge on any atom is 0.203 e. The van der Waals surface area contributed by atoms with Gasteiger partial charge in [-0.15, -0.1) is 0 Å². The number of rotatable bonds is 5. The van der Waals surface area contributed by atoms with Gasteiger partial charge < -0.3 is 4.89 Å². The summed E-state index contributed by atoms with van der Waals surface area (Å²) in [7, 11) is -2.85. The monoisotopic (exact) mass is 218 g/mol. The highest BCUT2D eigenvalue weighted by molar-refractivity contribution is 7.58. The fraction of sp³-hybridized carbons (Fsp3) is 1.00. The van der Waals surface area contributed by atoms with Gasteiger partial charge in [0.05, 0.1) is 0 Å². The first-order valence-electron chi connectivity index (χ1n) is 5.89. The molecule has 0 aromatic carbocycles. The molecule has 0 spiro atoms. The summed E-state index contributed by atoms with van der Waals surface area (Å²) in [6, 6.07) is 0. The average Bonchev–Trinajstić information content (AvgIpc) is 2.66. The molecular weight excluding hydrogens is 195 g/mol. The van der Waals surface area contributed by atoms with Gasteiger partial charge in [0.1, 0.15) is 0 Å². The molecule has 0 aliphatic heterocycles. The van der Waals surface area contributed by atoms with Crippen molar-refractivity contribution in [3.05, 3.63) is 0 Å². The van der Waals surface area contributed by atoms with E-state index in [4.69, 9.17) is 0 Å². The topological polar surface area (TPSA) is 37.3 Å². The molecule has 3 heteroatoms. The van der Waals surface area contributed by atoms with Crippen molar-refractivity contribution >= 4 is 7.37 Å². The summed E-state index contributed by atoms with van der Waals surface area (Å²) in [6.45, 7) is 4.05. The van der Waals surface area contributed by atoms with E-state index in [-0.39, 0.29) is 5.66 Å². The van der Waals surface area contributed by atoms with E-state index in [1.54, 1.807) is 0 Å². The molecule has 2 unspecified atom stereocenters. The van der Waals surface area contributed by atoms with Crippen LogP contribution >= 0.6 is 7.37 Å². The molecule has 0 heterocycles. The fourth-order valence-electron chi connectivity index (χ4n) is 2.36. The minimum atomic E-state index is -2.85. The molecule has 1 N–H and O–H groups in total. The molecular formula is C11H23O2P. The third kappa shape index (κ3) is 3.10. The van der Waals surface area contributed by atoms with Crippen molar-refractivity contribution in [3.8, 4) is 0 Å². The molecule has 1 rings (SSSR count). The first kappa shape index (κ1) is 12.3. The summed E-state index contributed by atoms with van der Waals surface area (Å²) in [5.41, 5.74) is 0.0385. The summed E-state index contributed by atoms with van der Waals surface area (Å²) in [5, 5.41) is 0. The normalized spacial score (nSPS) is 24.8. The van der Waals surface area contributed by atoms with Gasteiger partial charge in [-0.25, -0.2) is 0 Å². The highest BCUT2D eigenvalue weighted by Gasteiger charge is 2.34. The van der Waals surface area contributed by atoms with Crippen molar-refractivity contribution in [3.63, 3.8) is 0 Å². The summed E-state index contributed by atoms with van der Waals surface area (Å²) in [4.78, 5) is 9.93. The Morgan fingerprint density at radius 1 is 1.43 bits per heavy atom. The summed E-state index contributed by atoms with van der Waals surface area (Å²) in [6.07, 6.45) is 7.27. The zero-order chi connectivity index (χ0) is 10.6. The third-order valence-corrected chi connectivity index (χ3v) is 6.20. The third-order valence-electron chi connectivity index (χ3n) is 3.55. The van der Waals surface area contributed by atoms with Crippen LogP contribution in [0.5, 0.6) is 0 Å². The molecule has 1 aliphatic rings. The Morgan fingerprint density at radius 3 is 2.50 bits per heavy atom. The van der Waals surface area contributed by atoms with Crippen LogP contribution in [-0.2, 0) is 4.57 Å². The Balaban J connectivity index is 2.47. The van der Waals surface area contributed by atoms with Gasteiger partial charge in [0, 0.05) is 11.8 Å². The van der Waals surface area contributed by atoms with Gasteiger partial charge in [0.25, 0.3) is 0 Å². The number of unbranched alkanes of at least 4 members (excludes halogenated alkanes) is 1. The Hall–Kier alpha value is 0.190. The van der Waals surface area contributed by atoms with Gasteiger partial charge in [-0.05, 0) is 25.2 Å². The maximum atomic E-state index is 12.0. The lowest BCUT2D eigenvalue weighted by Crippen LogP contribution is -2.16. The SMILES string of the molecule is CCCCP(=O)(O)C(C)C1CCCC1. The van der Waals surface area contributed by atoms with Gasteiger partial charge in [0.15, 0.2) is 0 Å². The average molecular weight is 218 g/mol. The minimum Gasteiger partial charge on any atom is -0.344 e. The van der Waals surface area contributed by atoms with Gasteiger partial charge in [-0.3, -0.25) is 4.57 Å². The van der Waals surface area contributed by atoms with Crippen LogP contribution in [-0.4, -0.2) is 16.7 Å². The van der Waals surface area contributed by atoms with E-state index in [1.165, 1.54) is 12.8 Å². The van der Waals surface area contributed by atoms with Crippen molar-refractivity contribution in [1.82, 2.24) is 0 Å². The van der Waals surface area contributed by atoms with Gasteiger partial charge in [-0.2, -0.15) is 0 Å². The van der Waals surface area contributed by atoms with Gasteiger partial charge in [-0.1, -0.05) is 33.1 Å². The second-order valence-corrected chi connectivity index (χ2v) is 7.39. The van der Waals surface area contributed by atoms with Gasteiger partial charge >= 0.3 is 0 Å². The number of hydrogen-bond acceptors (Lipinski definition) is 1. The molecule has 84 valence electrons. The summed E-state index contributed by atoms with van der Waals surface area (Å²) in [5.74, 6) is 0.516. The lowest BCUT2D eigenvalue weighted by Gasteiger charge is -2.24. The van der Waals surface area contributed by atoms with Crippen molar-refractivity contribution in [1.29, 1.82) is 0 Å². The van der Waals surface area contributed by atoms with Crippen LogP contribution in [0.2, 0.25) is 0 Å². The van der Waals surface area contributed by atoms with E-state index in [0.29, 0.717) is 12.1 Å². The Morgan fingerprint density at radius 2 is 2.00 bits per heavy atom. The van der Waals surface area contributed by atoms with Crippen molar-refractivity contribution in [2.75, 3.05) is 6.16 Å². The van der Waals surface area contributed by atoms with E-state index in [9.17, 15) is 9.46 Å².